The molecule has 1 N–H and O–H groups in total. The second-order valence-corrected chi connectivity index (χ2v) is 7.27. The van der Waals surface area contributed by atoms with E-state index < -0.39 is 0 Å². The lowest BCUT2D eigenvalue weighted by Crippen LogP contribution is -2.27. The van der Waals surface area contributed by atoms with Gasteiger partial charge in [0, 0.05) is 23.7 Å². The van der Waals surface area contributed by atoms with Gasteiger partial charge in [0.05, 0.1) is 25.3 Å². The van der Waals surface area contributed by atoms with Gasteiger partial charge in [-0.15, -0.1) is 0 Å². The molecule has 0 bridgehead atoms. The van der Waals surface area contributed by atoms with Gasteiger partial charge in [-0.2, -0.15) is 4.98 Å². The van der Waals surface area contributed by atoms with Gasteiger partial charge < -0.3 is 24.4 Å². The van der Waals surface area contributed by atoms with E-state index in [4.69, 9.17) is 25.8 Å². The van der Waals surface area contributed by atoms with E-state index in [-0.39, 0.29) is 11.3 Å². The van der Waals surface area contributed by atoms with E-state index in [0.717, 1.165) is 18.8 Å². The number of fused-ring (bicyclic) bond motifs is 1. The van der Waals surface area contributed by atoms with Crippen molar-refractivity contribution in [3.05, 3.63) is 47.2 Å². The number of likely N-dealkylation sites (N-methyl/N-ethyl adjacent to an activating group) is 1. The van der Waals surface area contributed by atoms with Crippen molar-refractivity contribution >= 4 is 40.0 Å². The van der Waals surface area contributed by atoms with Crippen molar-refractivity contribution in [3.8, 4) is 11.5 Å². The maximum atomic E-state index is 12.3. The van der Waals surface area contributed by atoms with Crippen LogP contribution in [0.4, 0.5) is 11.5 Å². The Hall–Kier alpha value is -3.10. The first-order chi connectivity index (χ1) is 15.5. The minimum absolute atomic E-state index is 0.0978. The molecule has 1 aromatic heterocycles. The molecule has 0 unspecified atom stereocenters. The zero-order chi connectivity index (χ0) is 23.1. The topological polar surface area (TPSA) is 85.8 Å². The number of hydrogen-bond donors (Lipinski definition) is 1. The first-order valence-corrected chi connectivity index (χ1v) is 10.7. The summed E-state index contributed by atoms with van der Waals surface area (Å²) < 4.78 is 16.1. The molecule has 3 rings (SSSR count). The number of aromatic nitrogens is 2. The number of anilines is 2. The second-order valence-electron chi connectivity index (χ2n) is 6.93. The Bertz CT molecular complexity index is 1070. The normalized spacial score (nSPS) is 10.9. The number of ether oxygens (including phenoxy) is 3. The Kier molecular flexibility index (Phi) is 8.08. The molecule has 9 heteroatoms. The highest BCUT2D eigenvalue weighted by Crippen LogP contribution is 2.35. The van der Waals surface area contributed by atoms with Gasteiger partial charge in [-0.05, 0) is 55.0 Å². The van der Waals surface area contributed by atoms with Crippen molar-refractivity contribution in [2.24, 2.45) is 0 Å². The van der Waals surface area contributed by atoms with Gasteiger partial charge in [0.1, 0.15) is 12.4 Å². The zero-order valence-electron chi connectivity index (χ0n) is 18.6. The largest absolute Gasteiger partial charge is 0.493 e. The molecule has 8 nitrogen and oxygen atoms in total. The summed E-state index contributed by atoms with van der Waals surface area (Å²) in [5.74, 6) is 1.26. The van der Waals surface area contributed by atoms with Gasteiger partial charge in [0.2, 0.25) is 5.28 Å². The number of methoxy groups -OCH3 is 2. The maximum absolute atomic E-state index is 12.3. The molecule has 32 heavy (non-hydrogen) atoms. The summed E-state index contributed by atoms with van der Waals surface area (Å²) in [6.45, 7) is 7.09. The van der Waals surface area contributed by atoms with Crippen LogP contribution in [0.2, 0.25) is 5.28 Å². The van der Waals surface area contributed by atoms with Crippen molar-refractivity contribution in [2.75, 3.05) is 45.8 Å². The molecule has 2 aromatic carbocycles. The fourth-order valence-corrected chi connectivity index (χ4v) is 3.42. The molecule has 0 saturated heterocycles. The highest BCUT2D eigenvalue weighted by molar-refractivity contribution is 6.28. The molecule has 0 saturated carbocycles. The summed E-state index contributed by atoms with van der Waals surface area (Å²) in [5.41, 5.74) is 1.82. The second kappa shape index (κ2) is 11.0. The summed E-state index contributed by atoms with van der Waals surface area (Å²) in [6, 6.07) is 10.5. The third-order valence-corrected chi connectivity index (χ3v) is 5.26. The third-order valence-electron chi connectivity index (χ3n) is 5.09. The molecule has 0 radical (unpaired) electrons. The van der Waals surface area contributed by atoms with Crippen molar-refractivity contribution in [3.63, 3.8) is 0 Å². The Morgan fingerprint density at radius 3 is 2.31 bits per heavy atom. The SMILES string of the molecule is CCN(CC)CCOC(=O)c1ccc(Nc2nc(Cl)nc3cc(OC)c(OC)cc23)cc1. The Morgan fingerprint density at radius 1 is 1.03 bits per heavy atom. The van der Waals surface area contributed by atoms with E-state index in [1.807, 2.05) is 0 Å². The number of carbonyl (C=O) groups is 1. The predicted molar refractivity (Wildman–Crippen MR) is 125 cm³/mol. The summed E-state index contributed by atoms with van der Waals surface area (Å²) in [4.78, 5) is 23.1. The molecule has 0 amide bonds. The van der Waals surface area contributed by atoms with Gasteiger partial charge in [-0.1, -0.05) is 13.8 Å². The third kappa shape index (κ3) is 5.57. The zero-order valence-corrected chi connectivity index (χ0v) is 19.4. The van der Waals surface area contributed by atoms with Gasteiger partial charge in [-0.25, -0.2) is 9.78 Å². The molecule has 3 aromatic rings. The van der Waals surface area contributed by atoms with E-state index in [9.17, 15) is 4.79 Å². The highest BCUT2D eigenvalue weighted by Gasteiger charge is 2.14. The van der Waals surface area contributed by atoms with Crippen LogP contribution in [0.15, 0.2) is 36.4 Å². The number of hydrogen-bond acceptors (Lipinski definition) is 8. The Labute approximate surface area is 192 Å². The Balaban J connectivity index is 1.75. The van der Waals surface area contributed by atoms with Crippen LogP contribution in [-0.2, 0) is 4.74 Å². The van der Waals surface area contributed by atoms with E-state index in [0.29, 0.717) is 46.9 Å². The van der Waals surface area contributed by atoms with E-state index >= 15 is 0 Å². The van der Waals surface area contributed by atoms with Crippen molar-refractivity contribution < 1.29 is 19.0 Å². The summed E-state index contributed by atoms with van der Waals surface area (Å²) in [5, 5.41) is 4.04. The number of esters is 1. The fraction of sp³-hybridized carbons (Fsp3) is 0.348. The summed E-state index contributed by atoms with van der Waals surface area (Å²) in [7, 11) is 3.12. The molecule has 0 fully saturated rings. The molecule has 0 spiro atoms. The molecular weight excluding hydrogens is 432 g/mol. The molecule has 0 aliphatic heterocycles. The van der Waals surface area contributed by atoms with Gasteiger partial charge in [0.15, 0.2) is 11.5 Å². The number of nitrogens with one attached hydrogen (secondary N) is 1. The molecule has 170 valence electrons. The summed E-state index contributed by atoms with van der Waals surface area (Å²) in [6.07, 6.45) is 0. The average Bonchev–Trinajstić information content (AvgIpc) is 2.81. The number of benzene rings is 2. The number of halogens is 1. The first-order valence-electron chi connectivity index (χ1n) is 10.3. The Morgan fingerprint density at radius 2 is 1.69 bits per heavy atom. The van der Waals surface area contributed by atoms with Gasteiger partial charge >= 0.3 is 5.97 Å². The highest BCUT2D eigenvalue weighted by atomic mass is 35.5. The van der Waals surface area contributed by atoms with E-state index in [2.05, 4.69) is 34.0 Å². The quantitative estimate of drug-likeness (QED) is 0.350. The van der Waals surface area contributed by atoms with Crippen LogP contribution in [0.1, 0.15) is 24.2 Å². The number of carbonyl (C=O) groups excluding carboxylic acids is 1. The number of rotatable bonds is 10. The van der Waals surface area contributed by atoms with Crippen LogP contribution in [0.5, 0.6) is 11.5 Å². The van der Waals surface area contributed by atoms with Crippen molar-refractivity contribution in [2.45, 2.75) is 13.8 Å². The standard InChI is InChI=1S/C23H27ClN4O4/c1-5-28(6-2)11-12-32-22(29)15-7-9-16(10-8-15)25-21-17-13-19(30-3)20(31-4)14-18(17)26-23(24)27-21/h7-10,13-14H,5-6,11-12H2,1-4H3,(H,25,26,27). The molecule has 1 heterocycles. The van der Waals surface area contributed by atoms with E-state index in [1.54, 1.807) is 50.6 Å². The fourth-order valence-electron chi connectivity index (χ4n) is 3.24. The lowest BCUT2D eigenvalue weighted by atomic mass is 10.2. The monoisotopic (exact) mass is 458 g/mol. The average molecular weight is 459 g/mol. The van der Waals surface area contributed by atoms with Crippen LogP contribution in [0.3, 0.4) is 0 Å². The molecule has 0 aliphatic carbocycles. The minimum atomic E-state index is -0.351. The van der Waals surface area contributed by atoms with Gasteiger partial charge in [-0.3, -0.25) is 0 Å². The smallest absolute Gasteiger partial charge is 0.338 e. The van der Waals surface area contributed by atoms with Crippen LogP contribution in [-0.4, -0.2) is 61.3 Å². The number of nitrogens with zero attached hydrogens (tertiary/aromatic N) is 3. The van der Waals surface area contributed by atoms with Crippen LogP contribution < -0.4 is 14.8 Å². The molecule has 0 aliphatic rings. The van der Waals surface area contributed by atoms with Crippen molar-refractivity contribution in [1.29, 1.82) is 0 Å². The van der Waals surface area contributed by atoms with Crippen LogP contribution >= 0.6 is 11.6 Å². The van der Waals surface area contributed by atoms with Crippen LogP contribution in [0, 0.1) is 0 Å². The lowest BCUT2D eigenvalue weighted by Gasteiger charge is -2.17. The van der Waals surface area contributed by atoms with Crippen molar-refractivity contribution in [1.82, 2.24) is 14.9 Å². The molecule has 0 atom stereocenters. The lowest BCUT2D eigenvalue weighted by molar-refractivity contribution is 0.0466. The molecular formula is C23H27ClN4O4. The summed E-state index contributed by atoms with van der Waals surface area (Å²) >= 11 is 6.12. The predicted octanol–water partition coefficient (Wildman–Crippen LogP) is 4.54. The maximum Gasteiger partial charge on any atom is 0.338 e. The minimum Gasteiger partial charge on any atom is -0.493 e. The van der Waals surface area contributed by atoms with E-state index in [1.165, 1.54) is 0 Å². The van der Waals surface area contributed by atoms with Crippen LogP contribution in [0.25, 0.3) is 10.9 Å². The van der Waals surface area contributed by atoms with Gasteiger partial charge in [0.25, 0.3) is 0 Å². The first kappa shape index (κ1) is 23.6.